The van der Waals surface area contributed by atoms with Crippen molar-refractivity contribution in [2.45, 2.75) is 60.5 Å². The highest BCUT2D eigenvalue weighted by Gasteiger charge is 2.34. The van der Waals surface area contributed by atoms with Crippen molar-refractivity contribution < 1.29 is 4.79 Å². The molecule has 6 nitrogen and oxygen atoms in total. The van der Waals surface area contributed by atoms with Crippen LogP contribution in [-0.2, 0) is 17.9 Å². The minimum absolute atomic E-state index is 0.0469. The lowest BCUT2D eigenvalue weighted by Crippen LogP contribution is -2.33. The second-order valence-corrected chi connectivity index (χ2v) is 9.32. The van der Waals surface area contributed by atoms with Crippen molar-refractivity contribution in [1.82, 2.24) is 15.3 Å². The Bertz CT molecular complexity index is 1270. The zero-order valence-electron chi connectivity index (χ0n) is 20.8. The molecule has 2 aromatic heterocycles. The number of hydrogen-bond donors (Lipinski definition) is 2. The van der Waals surface area contributed by atoms with E-state index in [4.69, 9.17) is 0 Å². The molecule has 34 heavy (non-hydrogen) atoms. The zero-order chi connectivity index (χ0) is 24.4. The lowest BCUT2D eigenvalue weighted by molar-refractivity contribution is -0.119. The number of hydrogen-bond acceptors (Lipinski definition) is 4. The predicted octanol–water partition coefficient (Wildman–Crippen LogP) is 4.72. The molecule has 0 saturated heterocycles. The number of anilines is 1. The largest absolute Gasteiger partial charge is 0.326 e. The fourth-order valence-corrected chi connectivity index (χ4v) is 4.59. The van der Waals surface area contributed by atoms with E-state index in [1.165, 1.54) is 0 Å². The van der Waals surface area contributed by atoms with Crippen molar-refractivity contribution in [2.75, 3.05) is 11.4 Å². The topological polar surface area (TPSA) is 78.1 Å². The third-order valence-electron chi connectivity index (χ3n) is 6.72. The molecular formula is C28H34N4O2. The van der Waals surface area contributed by atoms with Gasteiger partial charge in [0.05, 0.1) is 0 Å². The SMILES string of the molecule is CCN(C(=O)C1CC1)c1cc(-c2cccnc2C)cc(CNCc2c(C)cc(C)[nH]c2=O)c1C. The van der Waals surface area contributed by atoms with Gasteiger partial charge in [0, 0.05) is 60.0 Å². The van der Waals surface area contributed by atoms with Crippen LogP contribution in [0.15, 0.2) is 41.3 Å². The lowest BCUT2D eigenvalue weighted by atomic mass is 9.96. The van der Waals surface area contributed by atoms with Gasteiger partial charge in [-0.3, -0.25) is 14.6 Å². The number of aryl methyl sites for hydroxylation is 3. The van der Waals surface area contributed by atoms with E-state index in [0.717, 1.165) is 63.3 Å². The third kappa shape index (κ3) is 4.97. The number of benzene rings is 1. The van der Waals surface area contributed by atoms with Gasteiger partial charge in [-0.15, -0.1) is 0 Å². The van der Waals surface area contributed by atoms with Crippen LogP contribution in [0.1, 0.15) is 53.4 Å². The van der Waals surface area contributed by atoms with Crippen LogP contribution in [0.5, 0.6) is 0 Å². The van der Waals surface area contributed by atoms with E-state index in [0.29, 0.717) is 19.6 Å². The summed E-state index contributed by atoms with van der Waals surface area (Å²) in [4.78, 5) is 34.8. The summed E-state index contributed by atoms with van der Waals surface area (Å²) < 4.78 is 0. The van der Waals surface area contributed by atoms with E-state index in [9.17, 15) is 9.59 Å². The van der Waals surface area contributed by atoms with Crippen LogP contribution in [0.3, 0.4) is 0 Å². The van der Waals surface area contributed by atoms with Crippen LogP contribution in [0.2, 0.25) is 0 Å². The number of aromatic amines is 1. The maximum atomic E-state index is 13.1. The maximum absolute atomic E-state index is 13.1. The number of aromatic nitrogens is 2. The smallest absolute Gasteiger partial charge is 0.252 e. The van der Waals surface area contributed by atoms with Crippen LogP contribution < -0.4 is 15.8 Å². The van der Waals surface area contributed by atoms with E-state index >= 15 is 0 Å². The Morgan fingerprint density at radius 2 is 1.91 bits per heavy atom. The zero-order valence-corrected chi connectivity index (χ0v) is 20.8. The number of nitrogens with zero attached hydrogens (tertiary/aromatic N) is 2. The molecule has 1 saturated carbocycles. The number of carbonyl (C=O) groups is 1. The Balaban J connectivity index is 1.69. The molecule has 178 valence electrons. The number of H-pyrrole nitrogens is 1. The van der Waals surface area contributed by atoms with E-state index in [1.807, 2.05) is 44.7 Å². The minimum Gasteiger partial charge on any atom is -0.326 e. The summed E-state index contributed by atoms with van der Waals surface area (Å²) in [5, 5.41) is 3.46. The molecule has 1 aromatic carbocycles. The molecule has 1 aliphatic rings. The standard InChI is InChI=1S/C28H34N4O2/c1-6-32(28(34)21-9-10-21)26-14-22(24-8-7-11-30-20(24)5)13-23(19(26)4)15-29-16-25-17(2)12-18(3)31-27(25)33/h7-8,11-14,21,29H,6,9-10,15-16H2,1-5H3,(H,31,33). The maximum Gasteiger partial charge on any atom is 0.252 e. The number of amides is 1. The van der Waals surface area contributed by atoms with Crippen molar-refractivity contribution in [3.05, 3.63) is 80.5 Å². The normalized spacial score (nSPS) is 13.2. The molecule has 0 bridgehead atoms. The van der Waals surface area contributed by atoms with Crippen molar-refractivity contribution >= 4 is 11.6 Å². The van der Waals surface area contributed by atoms with Crippen LogP contribution in [0.4, 0.5) is 5.69 Å². The second kappa shape index (κ2) is 9.94. The summed E-state index contributed by atoms with van der Waals surface area (Å²) >= 11 is 0. The predicted molar refractivity (Wildman–Crippen MR) is 137 cm³/mol. The second-order valence-electron chi connectivity index (χ2n) is 9.32. The number of rotatable bonds is 8. The Morgan fingerprint density at radius 3 is 2.56 bits per heavy atom. The fourth-order valence-electron chi connectivity index (χ4n) is 4.59. The first-order valence-corrected chi connectivity index (χ1v) is 12.1. The summed E-state index contributed by atoms with van der Waals surface area (Å²) in [5.41, 5.74) is 8.78. The van der Waals surface area contributed by atoms with Gasteiger partial charge in [-0.2, -0.15) is 0 Å². The molecule has 0 atom stereocenters. The molecule has 4 rings (SSSR count). The molecule has 0 spiro atoms. The van der Waals surface area contributed by atoms with Gasteiger partial charge in [0.2, 0.25) is 5.91 Å². The highest BCUT2D eigenvalue weighted by atomic mass is 16.2. The summed E-state index contributed by atoms with van der Waals surface area (Å²) in [6, 6.07) is 10.3. The van der Waals surface area contributed by atoms with Gasteiger partial charge < -0.3 is 15.2 Å². The Labute approximate surface area is 201 Å². The highest BCUT2D eigenvalue weighted by molar-refractivity contribution is 5.98. The molecule has 2 heterocycles. The van der Waals surface area contributed by atoms with Gasteiger partial charge in [-0.25, -0.2) is 0 Å². The average molecular weight is 459 g/mol. The third-order valence-corrected chi connectivity index (χ3v) is 6.72. The van der Waals surface area contributed by atoms with Crippen LogP contribution >= 0.6 is 0 Å². The van der Waals surface area contributed by atoms with E-state index in [-0.39, 0.29) is 17.4 Å². The van der Waals surface area contributed by atoms with Crippen molar-refractivity contribution in [3.63, 3.8) is 0 Å². The first-order chi connectivity index (χ1) is 16.3. The molecule has 0 aliphatic heterocycles. The molecule has 6 heteroatoms. The van der Waals surface area contributed by atoms with Crippen LogP contribution in [0, 0.1) is 33.6 Å². The first kappa shape index (κ1) is 23.9. The molecular weight excluding hydrogens is 424 g/mol. The van der Waals surface area contributed by atoms with E-state index < -0.39 is 0 Å². The van der Waals surface area contributed by atoms with Gasteiger partial charge >= 0.3 is 0 Å². The Hall–Kier alpha value is -3.25. The number of nitrogens with one attached hydrogen (secondary N) is 2. The fraction of sp³-hybridized carbons (Fsp3) is 0.393. The summed E-state index contributed by atoms with van der Waals surface area (Å²) in [7, 11) is 0. The molecule has 0 radical (unpaired) electrons. The lowest BCUT2D eigenvalue weighted by Gasteiger charge is -2.26. The quantitative estimate of drug-likeness (QED) is 0.512. The minimum atomic E-state index is -0.0469. The van der Waals surface area contributed by atoms with Crippen LogP contribution in [0.25, 0.3) is 11.1 Å². The van der Waals surface area contributed by atoms with Gasteiger partial charge in [0.1, 0.15) is 0 Å². The van der Waals surface area contributed by atoms with Crippen molar-refractivity contribution in [2.24, 2.45) is 5.92 Å². The summed E-state index contributed by atoms with van der Waals surface area (Å²) in [6.07, 6.45) is 3.76. The molecule has 1 aliphatic carbocycles. The molecule has 1 fully saturated rings. The van der Waals surface area contributed by atoms with Gasteiger partial charge in [-0.1, -0.05) is 6.07 Å². The Morgan fingerprint density at radius 1 is 1.15 bits per heavy atom. The molecule has 2 N–H and O–H groups in total. The van der Waals surface area contributed by atoms with Gasteiger partial charge in [0.25, 0.3) is 5.56 Å². The Kier molecular flexibility index (Phi) is 6.98. The van der Waals surface area contributed by atoms with Crippen molar-refractivity contribution in [3.8, 4) is 11.1 Å². The molecule has 1 amide bonds. The number of carbonyl (C=O) groups excluding carboxylic acids is 1. The van der Waals surface area contributed by atoms with Gasteiger partial charge in [0.15, 0.2) is 0 Å². The average Bonchev–Trinajstić information content (AvgIpc) is 3.64. The monoisotopic (exact) mass is 458 g/mol. The molecule has 3 aromatic rings. The first-order valence-electron chi connectivity index (χ1n) is 12.1. The van der Waals surface area contributed by atoms with Crippen LogP contribution in [-0.4, -0.2) is 22.4 Å². The highest BCUT2D eigenvalue weighted by Crippen LogP contribution is 2.36. The van der Waals surface area contributed by atoms with E-state index in [1.54, 1.807) is 6.20 Å². The van der Waals surface area contributed by atoms with E-state index in [2.05, 4.69) is 40.4 Å². The van der Waals surface area contributed by atoms with Crippen molar-refractivity contribution in [1.29, 1.82) is 0 Å². The summed E-state index contributed by atoms with van der Waals surface area (Å²) in [5.74, 6) is 0.368. The molecule has 0 unspecified atom stereocenters. The van der Waals surface area contributed by atoms with Gasteiger partial charge in [-0.05, 0) is 94.0 Å². The summed E-state index contributed by atoms with van der Waals surface area (Å²) in [6.45, 7) is 11.7. The number of pyridine rings is 2.